The molecule has 5 nitrogen and oxygen atoms in total. The van der Waals surface area contributed by atoms with Crippen LogP contribution in [0.4, 0.5) is 0 Å². The van der Waals surface area contributed by atoms with Gasteiger partial charge >= 0.3 is 0 Å². The molecule has 0 saturated carbocycles. The van der Waals surface area contributed by atoms with E-state index < -0.39 is 0 Å². The molecular weight excluding hydrogens is 352 g/mol. The first kappa shape index (κ1) is 18.8. The number of hydrogen-bond acceptors (Lipinski definition) is 4. The Morgan fingerprint density at radius 3 is 2.82 bits per heavy atom. The van der Waals surface area contributed by atoms with Crippen molar-refractivity contribution in [3.8, 4) is 11.5 Å². The number of likely N-dealkylation sites (tertiary alicyclic amines) is 1. The molecule has 2 heterocycles. The van der Waals surface area contributed by atoms with Crippen LogP contribution in [0.2, 0.25) is 0 Å². The van der Waals surface area contributed by atoms with E-state index in [0.29, 0.717) is 19.6 Å². The molecule has 0 radical (unpaired) electrons. The highest BCUT2D eigenvalue weighted by molar-refractivity contribution is 5.79. The molecule has 0 unspecified atom stereocenters. The summed E-state index contributed by atoms with van der Waals surface area (Å²) in [5.41, 5.74) is 3.52. The second-order valence-corrected chi connectivity index (χ2v) is 7.71. The molecule has 0 aromatic heterocycles. The number of ether oxygens (including phenoxy) is 2. The zero-order valence-electron chi connectivity index (χ0n) is 16.4. The van der Waals surface area contributed by atoms with Gasteiger partial charge in [-0.15, -0.1) is 0 Å². The summed E-state index contributed by atoms with van der Waals surface area (Å²) >= 11 is 0. The summed E-state index contributed by atoms with van der Waals surface area (Å²) in [7, 11) is 1.64. The van der Waals surface area contributed by atoms with Gasteiger partial charge in [0.15, 0.2) is 0 Å². The second-order valence-electron chi connectivity index (χ2n) is 7.71. The molecule has 1 fully saturated rings. The number of amides is 1. The SMILES string of the molecule is COc1ccc2c(c1)OC[C@H](C(=O)NCc1cccc(CN3CCCC3)c1)C2. The number of fused-ring (bicyclic) bond motifs is 1. The molecule has 2 aromatic rings. The third-order valence-electron chi connectivity index (χ3n) is 5.61. The monoisotopic (exact) mass is 380 g/mol. The maximum Gasteiger partial charge on any atom is 0.227 e. The highest BCUT2D eigenvalue weighted by Crippen LogP contribution is 2.31. The van der Waals surface area contributed by atoms with Gasteiger partial charge in [-0.05, 0) is 55.1 Å². The first-order chi connectivity index (χ1) is 13.7. The van der Waals surface area contributed by atoms with Gasteiger partial charge in [0.2, 0.25) is 5.91 Å². The summed E-state index contributed by atoms with van der Waals surface area (Å²) in [6.45, 7) is 4.34. The van der Waals surface area contributed by atoms with Crippen LogP contribution >= 0.6 is 0 Å². The van der Waals surface area contributed by atoms with Gasteiger partial charge < -0.3 is 14.8 Å². The molecule has 5 heteroatoms. The number of benzene rings is 2. The van der Waals surface area contributed by atoms with Crippen LogP contribution < -0.4 is 14.8 Å². The summed E-state index contributed by atoms with van der Waals surface area (Å²) in [5, 5.41) is 3.09. The molecule has 2 aliphatic heterocycles. The lowest BCUT2D eigenvalue weighted by Gasteiger charge is -2.25. The average molecular weight is 380 g/mol. The summed E-state index contributed by atoms with van der Waals surface area (Å²) in [5.74, 6) is 1.48. The van der Waals surface area contributed by atoms with Gasteiger partial charge in [0.25, 0.3) is 0 Å². The molecule has 0 spiro atoms. The highest BCUT2D eigenvalue weighted by Gasteiger charge is 2.26. The lowest BCUT2D eigenvalue weighted by molar-refractivity contribution is -0.126. The number of carbonyl (C=O) groups excluding carboxylic acids is 1. The Balaban J connectivity index is 1.32. The molecule has 1 N–H and O–H groups in total. The highest BCUT2D eigenvalue weighted by atomic mass is 16.5. The molecule has 2 aliphatic rings. The van der Waals surface area contributed by atoms with Crippen molar-refractivity contribution >= 4 is 5.91 Å². The van der Waals surface area contributed by atoms with Gasteiger partial charge in [-0.1, -0.05) is 30.3 Å². The van der Waals surface area contributed by atoms with E-state index >= 15 is 0 Å². The molecule has 148 valence electrons. The third-order valence-corrected chi connectivity index (χ3v) is 5.61. The van der Waals surface area contributed by atoms with Crippen LogP contribution in [-0.4, -0.2) is 37.6 Å². The number of hydrogen-bond donors (Lipinski definition) is 1. The van der Waals surface area contributed by atoms with Crippen molar-refractivity contribution in [2.75, 3.05) is 26.8 Å². The Labute approximate surface area is 166 Å². The molecular formula is C23H28N2O3. The maximum atomic E-state index is 12.6. The number of nitrogens with zero attached hydrogens (tertiary/aromatic N) is 1. The number of rotatable bonds is 6. The van der Waals surface area contributed by atoms with Gasteiger partial charge in [-0.25, -0.2) is 0 Å². The molecule has 1 atom stereocenters. The van der Waals surface area contributed by atoms with Crippen LogP contribution in [0, 0.1) is 5.92 Å². The fourth-order valence-electron chi connectivity index (χ4n) is 4.02. The molecule has 1 saturated heterocycles. The first-order valence-electron chi connectivity index (χ1n) is 10.1. The summed E-state index contributed by atoms with van der Waals surface area (Å²) in [4.78, 5) is 15.1. The van der Waals surface area contributed by atoms with Crippen molar-refractivity contribution in [2.45, 2.75) is 32.4 Å². The number of nitrogens with one attached hydrogen (secondary N) is 1. The van der Waals surface area contributed by atoms with Crippen LogP contribution in [0.1, 0.15) is 29.5 Å². The van der Waals surface area contributed by atoms with E-state index in [1.807, 2.05) is 18.2 Å². The Hall–Kier alpha value is -2.53. The van der Waals surface area contributed by atoms with E-state index in [1.54, 1.807) is 7.11 Å². The van der Waals surface area contributed by atoms with Gasteiger partial charge in [0.1, 0.15) is 18.1 Å². The quantitative estimate of drug-likeness (QED) is 0.836. The smallest absolute Gasteiger partial charge is 0.227 e. The zero-order valence-corrected chi connectivity index (χ0v) is 16.4. The Morgan fingerprint density at radius 2 is 2.00 bits per heavy atom. The van der Waals surface area contributed by atoms with Gasteiger partial charge in [0.05, 0.1) is 13.0 Å². The van der Waals surface area contributed by atoms with E-state index in [1.165, 1.54) is 31.5 Å². The second kappa shape index (κ2) is 8.65. The minimum Gasteiger partial charge on any atom is -0.497 e. The predicted molar refractivity (Wildman–Crippen MR) is 108 cm³/mol. The van der Waals surface area contributed by atoms with E-state index in [2.05, 4.69) is 34.5 Å². The zero-order chi connectivity index (χ0) is 19.3. The Bertz CT molecular complexity index is 830. The van der Waals surface area contributed by atoms with Gasteiger partial charge in [0, 0.05) is 19.2 Å². The van der Waals surface area contributed by atoms with Crippen LogP contribution in [0.25, 0.3) is 0 Å². The van der Waals surface area contributed by atoms with Crippen molar-refractivity contribution in [1.82, 2.24) is 10.2 Å². The molecule has 4 rings (SSSR count). The lowest BCUT2D eigenvalue weighted by atomic mass is 9.95. The lowest BCUT2D eigenvalue weighted by Crippen LogP contribution is -2.37. The molecule has 0 aliphatic carbocycles. The number of carbonyl (C=O) groups is 1. The van der Waals surface area contributed by atoms with Crippen molar-refractivity contribution in [3.05, 3.63) is 59.2 Å². The molecule has 28 heavy (non-hydrogen) atoms. The van der Waals surface area contributed by atoms with E-state index in [-0.39, 0.29) is 11.8 Å². The van der Waals surface area contributed by atoms with Gasteiger partial charge in [-0.2, -0.15) is 0 Å². The first-order valence-corrected chi connectivity index (χ1v) is 10.1. The van der Waals surface area contributed by atoms with E-state index in [9.17, 15) is 4.79 Å². The predicted octanol–water partition coefficient (Wildman–Crippen LogP) is 3.16. The molecule has 1 amide bonds. The topological polar surface area (TPSA) is 50.8 Å². The largest absolute Gasteiger partial charge is 0.497 e. The molecule has 2 aromatic carbocycles. The Kier molecular flexibility index (Phi) is 5.81. The van der Waals surface area contributed by atoms with Crippen LogP contribution in [0.15, 0.2) is 42.5 Å². The fraction of sp³-hybridized carbons (Fsp3) is 0.435. The molecule has 0 bridgehead atoms. The van der Waals surface area contributed by atoms with Crippen molar-refractivity contribution in [2.24, 2.45) is 5.92 Å². The average Bonchev–Trinajstić information content (AvgIpc) is 3.24. The summed E-state index contributed by atoms with van der Waals surface area (Å²) < 4.78 is 11.0. The third kappa shape index (κ3) is 4.47. The van der Waals surface area contributed by atoms with Crippen LogP contribution in [0.3, 0.4) is 0 Å². The summed E-state index contributed by atoms with van der Waals surface area (Å²) in [6, 6.07) is 14.3. The fourth-order valence-corrected chi connectivity index (χ4v) is 4.02. The maximum absolute atomic E-state index is 12.6. The van der Waals surface area contributed by atoms with Crippen LogP contribution in [-0.2, 0) is 24.3 Å². The van der Waals surface area contributed by atoms with Crippen molar-refractivity contribution < 1.29 is 14.3 Å². The standard InChI is InChI=1S/C23H28N2O3/c1-27-21-8-7-19-12-20(16-28-22(19)13-21)23(26)24-14-17-5-4-6-18(11-17)15-25-9-2-3-10-25/h4-8,11,13,20H,2-3,9-10,12,14-16H2,1H3,(H,24,26)/t20-/m1/s1. The van der Waals surface area contributed by atoms with Crippen molar-refractivity contribution in [3.63, 3.8) is 0 Å². The van der Waals surface area contributed by atoms with Gasteiger partial charge in [-0.3, -0.25) is 9.69 Å². The van der Waals surface area contributed by atoms with E-state index in [4.69, 9.17) is 9.47 Å². The summed E-state index contributed by atoms with van der Waals surface area (Å²) in [6.07, 6.45) is 3.30. The van der Waals surface area contributed by atoms with E-state index in [0.717, 1.165) is 29.2 Å². The normalized spacial score (nSPS) is 19.0. The Morgan fingerprint density at radius 1 is 1.18 bits per heavy atom. The van der Waals surface area contributed by atoms with Crippen LogP contribution in [0.5, 0.6) is 11.5 Å². The number of methoxy groups -OCH3 is 1. The van der Waals surface area contributed by atoms with Crippen molar-refractivity contribution in [1.29, 1.82) is 0 Å². The minimum absolute atomic E-state index is 0.0476. The minimum atomic E-state index is -0.159.